The number of carbonyl (C=O) groups excluding carboxylic acids is 1. The average molecular weight is 351 g/mol. The molecule has 7 heteroatoms. The van der Waals surface area contributed by atoms with Gasteiger partial charge in [0.1, 0.15) is 11.4 Å². The number of ether oxygens (including phenoxy) is 3. The van der Waals surface area contributed by atoms with Crippen molar-refractivity contribution in [3.63, 3.8) is 0 Å². The van der Waals surface area contributed by atoms with Crippen LogP contribution >= 0.6 is 0 Å². The summed E-state index contributed by atoms with van der Waals surface area (Å²) in [5.74, 6) is 2.22. The van der Waals surface area contributed by atoms with E-state index in [4.69, 9.17) is 14.2 Å². The molecule has 0 spiro atoms. The minimum Gasteiger partial charge on any atom is -0.495 e. The van der Waals surface area contributed by atoms with Crippen LogP contribution in [-0.4, -0.2) is 32.8 Å². The van der Waals surface area contributed by atoms with Gasteiger partial charge < -0.3 is 19.1 Å². The van der Waals surface area contributed by atoms with E-state index in [0.717, 1.165) is 11.3 Å². The molecule has 0 aliphatic carbocycles. The summed E-state index contributed by atoms with van der Waals surface area (Å²) in [6, 6.07) is 13.0. The number of nitrogens with one attached hydrogen (secondary N) is 1. The molecule has 26 heavy (non-hydrogen) atoms. The first-order valence-corrected chi connectivity index (χ1v) is 8.04. The Labute approximate surface area is 150 Å². The number of carbonyl (C=O) groups is 1. The van der Waals surface area contributed by atoms with Gasteiger partial charge >= 0.3 is 0 Å². The number of benzene rings is 2. The quantitative estimate of drug-likeness (QED) is 0.860. The van der Waals surface area contributed by atoms with Crippen LogP contribution in [0.25, 0.3) is 6.08 Å². The summed E-state index contributed by atoms with van der Waals surface area (Å²) in [5.41, 5.74) is 1.93. The standard InChI is InChI=1S/C19H17N3O4/c1-22(14-5-3-4-6-15(14)24-2)19-20-13(18(23)21-19)9-12-7-8-16-17(10-12)26-11-25-16/h3-10H,11H2,1-2H3,(H,20,21,23)/b13-9-. The summed E-state index contributed by atoms with van der Waals surface area (Å²) in [6.45, 7) is 0.210. The van der Waals surface area contributed by atoms with E-state index in [9.17, 15) is 4.79 Å². The van der Waals surface area contributed by atoms with Crippen LogP contribution in [-0.2, 0) is 4.79 Å². The SMILES string of the molecule is COc1ccccc1N(C)C1=N/C(=C\c2ccc3c(c2)OCO3)C(=O)N1. The second-order valence-corrected chi connectivity index (χ2v) is 5.76. The molecular formula is C19H17N3O4. The highest BCUT2D eigenvalue weighted by molar-refractivity contribution is 6.18. The van der Waals surface area contributed by atoms with Crippen molar-refractivity contribution >= 4 is 23.6 Å². The third-order valence-electron chi connectivity index (χ3n) is 4.15. The number of aliphatic imine (C=N–C) groups is 1. The van der Waals surface area contributed by atoms with Gasteiger partial charge in [-0.05, 0) is 35.9 Å². The Morgan fingerprint density at radius 3 is 2.85 bits per heavy atom. The number of amides is 1. The Morgan fingerprint density at radius 1 is 1.19 bits per heavy atom. The van der Waals surface area contributed by atoms with Gasteiger partial charge in [0.15, 0.2) is 11.5 Å². The normalized spacial score (nSPS) is 16.5. The zero-order valence-corrected chi connectivity index (χ0v) is 14.4. The Bertz CT molecular complexity index is 936. The third-order valence-corrected chi connectivity index (χ3v) is 4.15. The van der Waals surface area contributed by atoms with Crippen LogP contribution < -0.4 is 24.4 Å². The molecule has 1 N–H and O–H groups in total. The van der Waals surface area contributed by atoms with Crippen molar-refractivity contribution in [3.8, 4) is 17.2 Å². The summed E-state index contributed by atoms with van der Waals surface area (Å²) in [7, 11) is 3.42. The molecule has 7 nitrogen and oxygen atoms in total. The highest BCUT2D eigenvalue weighted by Crippen LogP contribution is 2.33. The topological polar surface area (TPSA) is 72.4 Å². The molecule has 2 aliphatic heterocycles. The maximum Gasteiger partial charge on any atom is 0.276 e. The van der Waals surface area contributed by atoms with E-state index in [0.29, 0.717) is 28.9 Å². The molecule has 2 aromatic rings. The van der Waals surface area contributed by atoms with Crippen LogP contribution in [0, 0.1) is 0 Å². The van der Waals surface area contributed by atoms with E-state index >= 15 is 0 Å². The minimum absolute atomic E-state index is 0.210. The molecule has 0 bridgehead atoms. The predicted octanol–water partition coefficient (Wildman–Crippen LogP) is 2.39. The van der Waals surface area contributed by atoms with Crippen LogP contribution in [0.5, 0.6) is 17.2 Å². The summed E-state index contributed by atoms with van der Waals surface area (Å²) < 4.78 is 16.0. The lowest BCUT2D eigenvalue weighted by Gasteiger charge is -2.20. The van der Waals surface area contributed by atoms with Crippen LogP contribution in [0.2, 0.25) is 0 Å². The Kier molecular flexibility index (Phi) is 3.96. The van der Waals surface area contributed by atoms with E-state index in [1.165, 1.54) is 0 Å². The van der Waals surface area contributed by atoms with Crippen LogP contribution in [0.15, 0.2) is 53.2 Å². The number of para-hydroxylation sites is 2. The van der Waals surface area contributed by atoms with E-state index in [2.05, 4.69) is 10.3 Å². The van der Waals surface area contributed by atoms with E-state index in [-0.39, 0.29) is 12.7 Å². The fourth-order valence-electron chi connectivity index (χ4n) is 2.80. The largest absolute Gasteiger partial charge is 0.495 e. The number of anilines is 1. The smallest absolute Gasteiger partial charge is 0.276 e. The first kappa shape index (κ1) is 16.0. The second kappa shape index (κ2) is 6.44. The number of nitrogens with zero attached hydrogens (tertiary/aromatic N) is 2. The summed E-state index contributed by atoms with van der Waals surface area (Å²) in [6.07, 6.45) is 1.71. The molecular weight excluding hydrogens is 334 g/mol. The van der Waals surface area contributed by atoms with E-state index in [1.54, 1.807) is 18.1 Å². The second-order valence-electron chi connectivity index (χ2n) is 5.76. The first-order chi connectivity index (χ1) is 12.7. The number of hydrogen-bond donors (Lipinski definition) is 1. The van der Waals surface area contributed by atoms with Gasteiger partial charge in [0.2, 0.25) is 12.8 Å². The molecule has 0 atom stereocenters. The molecule has 0 saturated heterocycles. The number of methoxy groups -OCH3 is 1. The van der Waals surface area contributed by atoms with Gasteiger partial charge in [0, 0.05) is 7.05 Å². The Balaban J connectivity index is 1.63. The van der Waals surface area contributed by atoms with E-state index < -0.39 is 0 Å². The number of guanidine groups is 1. The molecule has 2 aliphatic rings. The van der Waals surface area contributed by atoms with Gasteiger partial charge in [-0.2, -0.15) is 0 Å². The van der Waals surface area contributed by atoms with Crippen LogP contribution in [0.1, 0.15) is 5.56 Å². The molecule has 2 aromatic carbocycles. The summed E-state index contributed by atoms with van der Waals surface area (Å²) in [5, 5.41) is 2.78. The monoisotopic (exact) mass is 351 g/mol. The number of fused-ring (bicyclic) bond motifs is 1. The minimum atomic E-state index is -0.264. The van der Waals surface area contributed by atoms with Crippen LogP contribution in [0.3, 0.4) is 0 Å². The first-order valence-electron chi connectivity index (χ1n) is 8.04. The number of hydrogen-bond acceptors (Lipinski definition) is 6. The molecule has 4 rings (SSSR count). The molecule has 0 saturated carbocycles. The maximum absolute atomic E-state index is 12.3. The lowest BCUT2D eigenvalue weighted by molar-refractivity contribution is -0.115. The van der Waals surface area contributed by atoms with Crippen molar-refractivity contribution in [1.29, 1.82) is 0 Å². The third kappa shape index (κ3) is 2.83. The van der Waals surface area contributed by atoms with Gasteiger partial charge in [-0.25, -0.2) is 4.99 Å². The highest BCUT2D eigenvalue weighted by Gasteiger charge is 2.25. The van der Waals surface area contributed by atoms with Gasteiger partial charge in [-0.1, -0.05) is 18.2 Å². The Hall–Kier alpha value is -3.48. The van der Waals surface area contributed by atoms with Crippen molar-refractivity contribution in [2.24, 2.45) is 4.99 Å². The van der Waals surface area contributed by atoms with Gasteiger partial charge in [-0.15, -0.1) is 0 Å². The lowest BCUT2D eigenvalue weighted by atomic mass is 10.1. The van der Waals surface area contributed by atoms with Crippen molar-refractivity contribution in [2.75, 3.05) is 25.9 Å². The molecule has 0 fully saturated rings. The molecule has 0 unspecified atom stereocenters. The van der Waals surface area contributed by atoms with Crippen molar-refractivity contribution in [2.45, 2.75) is 0 Å². The maximum atomic E-state index is 12.3. The van der Waals surface area contributed by atoms with Crippen LogP contribution in [0.4, 0.5) is 5.69 Å². The zero-order chi connectivity index (χ0) is 18.1. The van der Waals surface area contributed by atoms with Crippen molar-refractivity contribution in [3.05, 3.63) is 53.7 Å². The van der Waals surface area contributed by atoms with Gasteiger partial charge in [0.05, 0.1) is 12.8 Å². The Morgan fingerprint density at radius 2 is 2.00 bits per heavy atom. The zero-order valence-electron chi connectivity index (χ0n) is 14.4. The summed E-state index contributed by atoms with van der Waals surface area (Å²) in [4.78, 5) is 18.5. The van der Waals surface area contributed by atoms with Gasteiger partial charge in [-0.3, -0.25) is 10.1 Å². The molecule has 132 valence electrons. The molecule has 1 amide bonds. The fraction of sp³-hybridized carbons (Fsp3) is 0.158. The van der Waals surface area contributed by atoms with E-state index in [1.807, 2.05) is 49.5 Å². The van der Waals surface area contributed by atoms with Gasteiger partial charge in [0.25, 0.3) is 5.91 Å². The average Bonchev–Trinajstić information content (AvgIpc) is 3.27. The fourth-order valence-corrected chi connectivity index (χ4v) is 2.80. The predicted molar refractivity (Wildman–Crippen MR) is 97.5 cm³/mol. The molecule has 0 aromatic heterocycles. The number of rotatable bonds is 3. The lowest BCUT2D eigenvalue weighted by Crippen LogP contribution is -2.38. The van der Waals surface area contributed by atoms with Crippen molar-refractivity contribution in [1.82, 2.24) is 5.32 Å². The molecule has 2 heterocycles. The highest BCUT2D eigenvalue weighted by atomic mass is 16.7. The summed E-state index contributed by atoms with van der Waals surface area (Å²) >= 11 is 0. The molecule has 0 radical (unpaired) electrons. The van der Waals surface area contributed by atoms with Crippen molar-refractivity contribution < 1.29 is 19.0 Å².